The van der Waals surface area contributed by atoms with E-state index in [2.05, 4.69) is 4.98 Å². The van der Waals surface area contributed by atoms with Crippen LogP contribution in [0.4, 0.5) is 5.13 Å². The number of fused-ring (bicyclic) bond motifs is 1. The summed E-state index contributed by atoms with van der Waals surface area (Å²) in [5.41, 5.74) is 6.60. The van der Waals surface area contributed by atoms with Crippen LogP contribution in [0.15, 0.2) is 0 Å². The number of aromatic nitrogens is 1. The molecule has 1 heterocycles. The van der Waals surface area contributed by atoms with E-state index in [-0.39, 0.29) is 5.38 Å². The van der Waals surface area contributed by atoms with Gasteiger partial charge in [0.1, 0.15) is 0 Å². The van der Waals surface area contributed by atoms with Gasteiger partial charge in [-0.05, 0) is 19.3 Å². The van der Waals surface area contributed by atoms with Crippen LogP contribution in [0.2, 0.25) is 0 Å². The molecule has 0 aromatic carbocycles. The molecule has 2 N–H and O–H groups in total. The fraction of sp³-hybridized carbons (Fsp3) is 0.571. The molecular weight excluding hydrogens is 180 g/mol. The Morgan fingerprint density at radius 1 is 1.64 bits per heavy atom. The van der Waals surface area contributed by atoms with Crippen molar-refractivity contribution in [1.82, 2.24) is 4.98 Å². The van der Waals surface area contributed by atoms with Crippen molar-refractivity contribution < 1.29 is 0 Å². The number of thiazole rings is 1. The fourth-order valence-corrected chi connectivity index (χ4v) is 2.72. The van der Waals surface area contributed by atoms with Crippen LogP contribution in [0.3, 0.4) is 0 Å². The number of nitrogens with zero attached hydrogens (tertiary/aromatic N) is 1. The summed E-state index contributed by atoms with van der Waals surface area (Å²) >= 11 is 7.63. The van der Waals surface area contributed by atoms with E-state index in [1.54, 1.807) is 11.3 Å². The SMILES string of the molecule is Nc1nc2c(s1)CCCC2Cl. The molecule has 11 heavy (non-hydrogen) atoms. The van der Waals surface area contributed by atoms with Crippen molar-refractivity contribution in [3.8, 4) is 0 Å². The molecule has 4 heteroatoms. The van der Waals surface area contributed by atoms with Gasteiger partial charge in [-0.15, -0.1) is 22.9 Å². The summed E-state index contributed by atoms with van der Waals surface area (Å²) in [6.07, 6.45) is 3.31. The summed E-state index contributed by atoms with van der Waals surface area (Å²) in [4.78, 5) is 5.48. The normalized spacial score (nSPS) is 23.2. The highest BCUT2D eigenvalue weighted by atomic mass is 35.5. The van der Waals surface area contributed by atoms with Crippen LogP contribution in [0, 0.1) is 0 Å². The lowest BCUT2D eigenvalue weighted by Crippen LogP contribution is -2.02. The van der Waals surface area contributed by atoms with Crippen LogP contribution in [-0.2, 0) is 6.42 Å². The summed E-state index contributed by atoms with van der Waals surface area (Å²) in [6.45, 7) is 0. The van der Waals surface area contributed by atoms with Crippen molar-refractivity contribution >= 4 is 28.1 Å². The number of anilines is 1. The molecule has 2 rings (SSSR count). The summed E-state index contributed by atoms with van der Waals surface area (Å²) in [7, 11) is 0. The standard InChI is InChI=1S/C7H9ClN2S/c8-4-2-1-3-5-6(4)10-7(9)11-5/h4H,1-3H2,(H2,9,10). The van der Waals surface area contributed by atoms with Crippen LogP contribution >= 0.6 is 22.9 Å². The average molecular weight is 189 g/mol. The first-order valence-corrected chi connectivity index (χ1v) is 4.92. The first-order chi connectivity index (χ1) is 5.27. The maximum atomic E-state index is 6.05. The summed E-state index contributed by atoms with van der Waals surface area (Å²) in [6, 6.07) is 0. The zero-order valence-electron chi connectivity index (χ0n) is 6.01. The third-order valence-electron chi connectivity index (χ3n) is 1.90. The van der Waals surface area contributed by atoms with Gasteiger partial charge in [-0.2, -0.15) is 0 Å². The quantitative estimate of drug-likeness (QED) is 0.635. The molecule has 1 unspecified atom stereocenters. The first-order valence-electron chi connectivity index (χ1n) is 3.66. The van der Waals surface area contributed by atoms with E-state index >= 15 is 0 Å². The molecule has 0 bridgehead atoms. The number of hydrogen-bond donors (Lipinski definition) is 1. The Balaban J connectivity index is 2.43. The highest BCUT2D eigenvalue weighted by Gasteiger charge is 2.21. The van der Waals surface area contributed by atoms with E-state index in [1.807, 2.05) is 0 Å². The molecule has 1 aliphatic rings. The van der Waals surface area contributed by atoms with Crippen LogP contribution in [0.5, 0.6) is 0 Å². The Morgan fingerprint density at radius 2 is 2.45 bits per heavy atom. The molecule has 0 saturated carbocycles. The van der Waals surface area contributed by atoms with Crippen LogP contribution in [0.1, 0.15) is 28.8 Å². The van der Waals surface area contributed by atoms with Crippen molar-refractivity contribution in [3.05, 3.63) is 10.6 Å². The molecule has 1 atom stereocenters. The average Bonchev–Trinajstić information content (AvgIpc) is 2.31. The molecule has 0 fully saturated rings. The highest BCUT2D eigenvalue weighted by molar-refractivity contribution is 7.15. The fourth-order valence-electron chi connectivity index (χ4n) is 1.38. The maximum Gasteiger partial charge on any atom is 0.180 e. The predicted octanol–water partition coefficient (Wildman–Crippen LogP) is 2.34. The highest BCUT2D eigenvalue weighted by Crippen LogP contribution is 2.37. The van der Waals surface area contributed by atoms with Gasteiger partial charge < -0.3 is 5.73 Å². The van der Waals surface area contributed by atoms with Gasteiger partial charge in [0.15, 0.2) is 5.13 Å². The van der Waals surface area contributed by atoms with Gasteiger partial charge >= 0.3 is 0 Å². The summed E-state index contributed by atoms with van der Waals surface area (Å²) < 4.78 is 0. The second-order valence-electron chi connectivity index (χ2n) is 2.72. The van der Waals surface area contributed by atoms with Crippen LogP contribution in [-0.4, -0.2) is 4.98 Å². The van der Waals surface area contributed by atoms with E-state index in [0.717, 1.165) is 18.5 Å². The summed E-state index contributed by atoms with van der Waals surface area (Å²) in [5, 5.41) is 0.759. The lowest BCUT2D eigenvalue weighted by Gasteiger charge is -2.13. The third-order valence-corrected chi connectivity index (χ3v) is 3.29. The molecule has 0 spiro atoms. The molecule has 1 aromatic rings. The molecule has 1 aliphatic carbocycles. The van der Waals surface area contributed by atoms with E-state index in [1.165, 1.54) is 11.3 Å². The van der Waals surface area contributed by atoms with Gasteiger partial charge in [-0.3, -0.25) is 0 Å². The van der Waals surface area contributed by atoms with Crippen LogP contribution < -0.4 is 5.73 Å². The Hall–Kier alpha value is -0.280. The largest absolute Gasteiger partial charge is 0.375 e. The number of nitrogens with two attached hydrogens (primary N) is 1. The smallest absolute Gasteiger partial charge is 0.180 e. The van der Waals surface area contributed by atoms with Crippen molar-refractivity contribution in [2.75, 3.05) is 5.73 Å². The van der Waals surface area contributed by atoms with Gasteiger partial charge in [0.2, 0.25) is 0 Å². The van der Waals surface area contributed by atoms with Crippen LogP contribution in [0.25, 0.3) is 0 Å². The minimum absolute atomic E-state index is 0.104. The minimum atomic E-state index is 0.104. The lowest BCUT2D eigenvalue weighted by molar-refractivity contribution is 0.664. The van der Waals surface area contributed by atoms with E-state index < -0.39 is 0 Å². The Morgan fingerprint density at radius 3 is 3.18 bits per heavy atom. The lowest BCUT2D eigenvalue weighted by atomic mass is 10.0. The molecule has 1 aromatic heterocycles. The van der Waals surface area contributed by atoms with E-state index in [0.29, 0.717) is 5.13 Å². The molecule has 60 valence electrons. The second kappa shape index (κ2) is 2.64. The van der Waals surface area contributed by atoms with Crippen molar-refractivity contribution in [3.63, 3.8) is 0 Å². The van der Waals surface area contributed by atoms with Crippen molar-refractivity contribution in [2.24, 2.45) is 0 Å². The molecule has 2 nitrogen and oxygen atoms in total. The van der Waals surface area contributed by atoms with E-state index in [9.17, 15) is 0 Å². The predicted molar refractivity (Wildman–Crippen MR) is 48.1 cm³/mol. The number of halogens is 1. The Labute approximate surface area is 74.4 Å². The molecule has 0 saturated heterocycles. The van der Waals surface area contributed by atoms with Gasteiger partial charge in [-0.1, -0.05) is 0 Å². The molecular formula is C7H9ClN2S. The summed E-state index contributed by atoms with van der Waals surface area (Å²) in [5.74, 6) is 0. The molecule has 0 aliphatic heterocycles. The van der Waals surface area contributed by atoms with E-state index in [4.69, 9.17) is 17.3 Å². The first kappa shape index (κ1) is 7.37. The minimum Gasteiger partial charge on any atom is -0.375 e. The second-order valence-corrected chi connectivity index (χ2v) is 4.36. The number of nitrogen functional groups attached to an aromatic ring is 1. The number of aryl methyl sites for hydroxylation is 1. The topological polar surface area (TPSA) is 38.9 Å². The van der Waals surface area contributed by atoms with Gasteiger partial charge in [0.05, 0.1) is 11.1 Å². The van der Waals surface area contributed by atoms with Gasteiger partial charge in [0.25, 0.3) is 0 Å². The van der Waals surface area contributed by atoms with Crippen molar-refractivity contribution in [1.29, 1.82) is 0 Å². The molecule has 0 amide bonds. The number of hydrogen-bond acceptors (Lipinski definition) is 3. The maximum absolute atomic E-state index is 6.05. The van der Waals surface area contributed by atoms with Crippen molar-refractivity contribution in [2.45, 2.75) is 24.6 Å². The van der Waals surface area contributed by atoms with Gasteiger partial charge in [-0.25, -0.2) is 4.98 Å². The van der Waals surface area contributed by atoms with Gasteiger partial charge in [0, 0.05) is 4.88 Å². The third kappa shape index (κ3) is 1.23. The Bertz CT molecular complexity index is 271. The monoisotopic (exact) mass is 188 g/mol. The number of alkyl halides is 1. The number of rotatable bonds is 0. The zero-order valence-corrected chi connectivity index (χ0v) is 7.58. The Kier molecular flexibility index (Phi) is 1.77. The zero-order chi connectivity index (χ0) is 7.84. The molecule has 0 radical (unpaired) electrons.